The molecule has 7 nitrogen and oxygen atoms in total. The normalized spacial score (nSPS) is 15.2. The fourth-order valence-electron chi connectivity index (χ4n) is 2.83. The molecular formula is C16H18N6O. The number of hydrogen-bond acceptors (Lipinski definition) is 6. The van der Waals surface area contributed by atoms with Crippen LogP contribution in [-0.4, -0.2) is 53.2 Å². The van der Waals surface area contributed by atoms with Gasteiger partial charge in [0.05, 0.1) is 30.5 Å². The number of nitrogens with one attached hydrogen (secondary N) is 1. The lowest BCUT2D eigenvalue weighted by Crippen LogP contribution is -2.47. The number of imidazole rings is 1. The number of benzene rings is 1. The van der Waals surface area contributed by atoms with E-state index in [-0.39, 0.29) is 0 Å². The fraction of sp³-hybridized carbons (Fsp3) is 0.312. The number of methoxy groups -OCH3 is 1. The summed E-state index contributed by atoms with van der Waals surface area (Å²) in [7, 11) is 1.60. The predicted octanol–water partition coefficient (Wildman–Crippen LogP) is 1.69. The number of para-hydroxylation sites is 2. The minimum atomic E-state index is 0.544. The zero-order valence-electron chi connectivity index (χ0n) is 12.9. The van der Waals surface area contributed by atoms with Gasteiger partial charge in [-0.05, 0) is 12.1 Å². The number of aromatic nitrogens is 4. The van der Waals surface area contributed by atoms with Crippen LogP contribution in [0.5, 0.6) is 5.88 Å². The molecule has 4 rings (SSSR count). The smallest absolute Gasteiger partial charge is 0.233 e. The maximum absolute atomic E-state index is 5.14. The van der Waals surface area contributed by atoms with Crippen LogP contribution < -0.4 is 14.5 Å². The van der Waals surface area contributed by atoms with Gasteiger partial charge in [0.25, 0.3) is 0 Å². The molecule has 23 heavy (non-hydrogen) atoms. The Hall–Kier alpha value is -2.83. The molecule has 1 fully saturated rings. The minimum absolute atomic E-state index is 0.544. The first-order valence-corrected chi connectivity index (χ1v) is 7.64. The van der Waals surface area contributed by atoms with Crippen LogP contribution in [0, 0.1) is 0 Å². The Morgan fingerprint density at radius 3 is 2.57 bits per heavy atom. The second-order valence-corrected chi connectivity index (χ2v) is 5.47. The average molecular weight is 310 g/mol. The maximum Gasteiger partial charge on any atom is 0.233 e. The van der Waals surface area contributed by atoms with E-state index in [0.29, 0.717) is 5.88 Å². The highest BCUT2D eigenvalue weighted by atomic mass is 16.5. The van der Waals surface area contributed by atoms with E-state index in [9.17, 15) is 0 Å². The van der Waals surface area contributed by atoms with E-state index in [1.807, 2.05) is 24.3 Å². The second kappa shape index (κ2) is 5.75. The van der Waals surface area contributed by atoms with Crippen molar-refractivity contribution in [1.82, 2.24) is 19.9 Å². The number of ether oxygens (including phenoxy) is 1. The Bertz CT molecular complexity index is 776. The summed E-state index contributed by atoms with van der Waals surface area (Å²) >= 11 is 0. The minimum Gasteiger partial charge on any atom is -0.480 e. The van der Waals surface area contributed by atoms with Crippen molar-refractivity contribution >= 4 is 22.8 Å². The van der Waals surface area contributed by atoms with Gasteiger partial charge in [-0.2, -0.15) is 4.98 Å². The third-order valence-corrected chi connectivity index (χ3v) is 4.09. The number of fused-ring (bicyclic) bond motifs is 1. The van der Waals surface area contributed by atoms with E-state index >= 15 is 0 Å². The van der Waals surface area contributed by atoms with Crippen LogP contribution in [0.1, 0.15) is 0 Å². The average Bonchev–Trinajstić information content (AvgIpc) is 3.06. The van der Waals surface area contributed by atoms with Gasteiger partial charge in [0.1, 0.15) is 0 Å². The first-order valence-electron chi connectivity index (χ1n) is 7.64. The molecule has 3 aromatic rings. The Morgan fingerprint density at radius 2 is 1.78 bits per heavy atom. The third-order valence-electron chi connectivity index (χ3n) is 4.09. The highest BCUT2D eigenvalue weighted by Gasteiger charge is 2.20. The first kappa shape index (κ1) is 13.8. The van der Waals surface area contributed by atoms with Crippen LogP contribution in [-0.2, 0) is 0 Å². The molecule has 0 radical (unpaired) electrons. The van der Waals surface area contributed by atoms with Crippen LogP contribution >= 0.6 is 0 Å². The van der Waals surface area contributed by atoms with Crippen LogP contribution in [0.4, 0.5) is 11.8 Å². The molecule has 0 unspecified atom stereocenters. The van der Waals surface area contributed by atoms with Crippen molar-refractivity contribution in [3.63, 3.8) is 0 Å². The molecule has 1 aliphatic rings. The number of rotatable bonds is 3. The standard InChI is InChI=1S/C16H18N6O/c1-23-15-11-17-10-14(20-15)21-6-8-22(9-7-21)16-18-12-4-2-3-5-13(12)19-16/h2-5,10-11H,6-9H2,1H3,(H,18,19). The third kappa shape index (κ3) is 2.65. The molecule has 0 spiro atoms. The molecule has 118 valence electrons. The van der Waals surface area contributed by atoms with Gasteiger partial charge in [-0.3, -0.25) is 4.98 Å². The van der Waals surface area contributed by atoms with Crippen molar-refractivity contribution in [3.8, 4) is 5.88 Å². The molecule has 7 heteroatoms. The summed E-state index contributed by atoms with van der Waals surface area (Å²) in [5.41, 5.74) is 2.08. The Balaban J connectivity index is 1.48. The van der Waals surface area contributed by atoms with E-state index in [0.717, 1.165) is 49.0 Å². The number of anilines is 2. The van der Waals surface area contributed by atoms with Gasteiger partial charge in [0.15, 0.2) is 5.82 Å². The molecule has 0 aliphatic carbocycles. The monoisotopic (exact) mass is 310 g/mol. The van der Waals surface area contributed by atoms with E-state index in [1.165, 1.54) is 0 Å². The summed E-state index contributed by atoms with van der Waals surface area (Å²) in [5, 5.41) is 0. The summed E-state index contributed by atoms with van der Waals surface area (Å²) in [6.07, 6.45) is 3.40. The number of aromatic amines is 1. The van der Waals surface area contributed by atoms with Gasteiger partial charge in [0.2, 0.25) is 11.8 Å². The molecule has 1 saturated heterocycles. The molecule has 0 atom stereocenters. The highest BCUT2D eigenvalue weighted by Crippen LogP contribution is 2.20. The molecule has 0 saturated carbocycles. The lowest BCUT2D eigenvalue weighted by Gasteiger charge is -2.35. The largest absolute Gasteiger partial charge is 0.480 e. The molecule has 1 aliphatic heterocycles. The Labute approximate surface area is 133 Å². The molecular weight excluding hydrogens is 292 g/mol. The topological polar surface area (TPSA) is 70.2 Å². The van der Waals surface area contributed by atoms with Gasteiger partial charge in [0, 0.05) is 26.2 Å². The molecule has 0 amide bonds. The molecule has 0 bridgehead atoms. The predicted molar refractivity (Wildman–Crippen MR) is 89.1 cm³/mol. The number of piperazine rings is 1. The van der Waals surface area contributed by atoms with Gasteiger partial charge >= 0.3 is 0 Å². The van der Waals surface area contributed by atoms with Crippen LogP contribution in [0.15, 0.2) is 36.7 Å². The van der Waals surface area contributed by atoms with E-state index < -0.39 is 0 Å². The SMILES string of the molecule is COc1cncc(N2CCN(c3nc4ccccc4[nH]3)CC2)n1. The van der Waals surface area contributed by atoms with Crippen molar-refractivity contribution < 1.29 is 4.74 Å². The molecule has 2 aromatic heterocycles. The zero-order valence-corrected chi connectivity index (χ0v) is 12.9. The summed E-state index contributed by atoms with van der Waals surface area (Å²) in [6.45, 7) is 3.52. The van der Waals surface area contributed by atoms with Gasteiger partial charge in [-0.25, -0.2) is 4.98 Å². The van der Waals surface area contributed by atoms with Gasteiger partial charge < -0.3 is 19.5 Å². The second-order valence-electron chi connectivity index (χ2n) is 5.47. The van der Waals surface area contributed by atoms with E-state index in [2.05, 4.69) is 29.7 Å². The van der Waals surface area contributed by atoms with Crippen LogP contribution in [0.2, 0.25) is 0 Å². The van der Waals surface area contributed by atoms with Crippen LogP contribution in [0.3, 0.4) is 0 Å². The summed E-state index contributed by atoms with van der Waals surface area (Å²) in [5.74, 6) is 2.33. The Kier molecular flexibility index (Phi) is 3.45. The summed E-state index contributed by atoms with van der Waals surface area (Å²) in [6, 6.07) is 8.10. The molecule has 1 aromatic carbocycles. The van der Waals surface area contributed by atoms with Crippen molar-refractivity contribution in [1.29, 1.82) is 0 Å². The quantitative estimate of drug-likeness (QED) is 0.794. The van der Waals surface area contributed by atoms with E-state index in [4.69, 9.17) is 4.74 Å². The van der Waals surface area contributed by atoms with Gasteiger partial charge in [-0.15, -0.1) is 0 Å². The number of hydrogen-bond donors (Lipinski definition) is 1. The lowest BCUT2D eigenvalue weighted by molar-refractivity contribution is 0.395. The summed E-state index contributed by atoms with van der Waals surface area (Å²) in [4.78, 5) is 21.2. The van der Waals surface area contributed by atoms with Crippen molar-refractivity contribution in [2.45, 2.75) is 0 Å². The van der Waals surface area contributed by atoms with E-state index in [1.54, 1.807) is 19.5 Å². The maximum atomic E-state index is 5.14. The molecule has 1 N–H and O–H groups in total. The Morgan fingerprint density at radius 1 is 1.00 bits per heavy atom. The van der Waals surface area contributed by atoms with Gasteiger partial charge in [-0.1, -0.05) is 12.1 Å². The highest BCUT2D eigenvalue weighted by molar-refractivity contribution is 5.77. The molecule has 3 heterocycles. The zero-order chi connectivity index (χ0) is 15.6. The number of nitrogens with zero attached hydrogens (tertiary/aromatic N) is 5. The summed E-state index contributed by atoms with van der Waals surface area (Å²) < 4.78 is 5.14. The first-order chi connectivity index (χ1) is 11.3. The number of H-pyrrole nitrogens is 1. The van der Waals surface area contributed by atoms with Crippen molar-refractivity contribution in [3.05, 3.63) is 36.7 Å². The van der Waals surface area contributed by atoms with Crippen molar-refractivity contribution in [2.75, 3.05) is 43.1 Å². The van der Waals surface area contributed by atoms with Crippen molar-refractivity contribution in [2.24, 2.45) is 0 Å². The van der Waals surface area contributed by atoms with Crippen LogP contribution in [0.25, 0.3) is 11.0 Å². The lowest BCUT2D eigenvalue weighted by atomic mass is 10.3. The fourth-order valence-corrected chi connectivity index (χ4v) is 2.83.